The van der Waals surface area contributed by atoms with E-state index in [0.29, 0.717) is 6.54 Å². The van der Waals surface area contributed by atoms with E-state index < -0.39 is 11.2 Å². The molecule has 0 radical (unpaired) electrons. The summed E-state index contributed by atoms with van der Waals surface area (Å²) in [6.45, 7) is 2.77. The van der Waals surface area contributed by atoms with Gasteiger partial charge in [-0.2, -0.15) is 0 Å². The average molecular weight is 237 g/mol. The number of rotatable bonds is 3. The summed E-state index contributed by atoms with van der Waals surface area (Å²) in [4.78, 5) is 25.1. The van der Waals surface area contributed by atoms with E-state index in [1.807, 2.05) is 0 Å². The molecule has 0 aliphatic heterocycles. The minimum atomic E-state index is -0.430. The zero-order valence-corrected chi connectivity index (χ0v) is 10.2. The second-order valence-electron chi connectivity index (χ2n) is 5.01. The summed E-state index contributed by atoms with van der Waals surface area (Å²) >= 11 is 0. The van der Waals surface area contributed by atoms with Gasteiger partial charge in [-0.1, -0.05) is 19.8 Å². The maximum atomic E-state index is 11.7. The van der Waals surface area contributed by atoms with Gasteiger partial charge in [0, 0.05) is 12.6 Å². The van der Waals surface area contributed by atoms with Gasteiger partial charge in [-0.3, -0.25) is 14.3 Å². The molecule has 1 aliphatic rings. The van der Waals surface area contributed by atoms with Gasteiger partial charge in [-0.15, -0.1) is 0 Å². The van der Waals surface area contributed by atoms with E-state index in [9.17, 15) is 9.59 Å². The summed E-state index contributed by atoms with van der Waals surface area (Å²) in [5.74, 6) is 0.262. The van der Waals surface area contributed by atoms with E-state index in [0.717, 1.165) is 19.3 Å². The highest BCUT2D eigenvalue weighted by Gasteiger charge is 2.33. The molecule has 0 saturated heterocycles. The molecular formula is C12H19N3O2. The van der Waals surface area contributed by atoms with Crippen LogP contribution in [0.25, 0.3) is 0 Å². The van der Waals surface area contributed by atoms with Crippen LogP contribution in [0, 0.1) is 5.41 Å². The lowest BCUT2D eigenvalue weighted by atomic mass is 9.83. The van der Waals surface area contributed by atoms with Crippen LogP contribution in [0.4, 0.5) is 5.82 Å². The third-order valence-corrected chi connectivity index (χ3v) is 3.97. The van der Waals surface area contributed by atoms with Crippen LogP contribution < -0.4 is 17.0 Å². The third kappa shape index (κ3) is 2.28. The van der Waals surface area contributed by atoms with Gasteiger partial charge in [0.25, 0.3) is 5.56 Å². The minimum absolute atomic E-state index is 0.177. The lowest BCUT2D eigenvalue weighted by Gasteiger charge is -2.28. The van der Waals surface area contributed by atoms with Crippen molar-refractivity contribution in [2.45, 2.75) is 45.6 Å². The van der Waals surface area contributed by atoms with Gasteiger partial charge < -0.3 is 5.73 Å². The van der Waals surface area contributed by atoms with Crippen LogP contribution in [0.5, 0.6) is 0 Å². The van der Waals surface area contributed by atoms with Crippen LogP contribution in [0.3, 0.4) is 0 Å². The normalized spacial score (nSPS) is 18.4. The molecule has 1 heterocycles. The number of H-pyrrole nitrogens is 1. The van der Waals surface area contributed by atoms with E-state index >= 15 is 0 Å². The summed E-state index contributed by atoms with van der Waals surface area (Å²) in [7, 11) is 0. The first-order valence-electron chi connectivity index (χ1n) is 6.16. The summed E-state index contributed by atoms with van der Waals surface area (Å²) in [5.41, 5.74) is 5.11. The molecule has 3 N–H and O–H groups in total. The molecule has 0 spiro atoms. The Bertz CT molecular complexity index is 509. The van der Waals surface area contributed by atoms with Gasteiger partial charge in [0.05, 0.1) is 0 Å². The van der Waals surface area contributed by atoms with Crippen LogP contribution in [-0.4, -0.2) is 9.55 Å². The molecule has 0 amide bonds. The van der Waals surface area contributed by atoms with Gasteiger partial charge in [-0.05, 0) is 24.7 Å². The van der Waals surface area contributed by atoms with E-state index in [4.69, 9.17) is 5.73 Å². The minimum Gasteiger partial charge on any atom is -0.385 e. The predicted molar refractivity (Wildman–Crippen MR) is 66.9 cm³/mol. The highest BCUT2D eigenvalue weighted by atomic mass is 16.2. The molecule has 1 aliphatic carbocycles. The quantitative estimate of drug-likeness (QED) is 0.825. The number of nitrogens with one attached hydrogen (secondary N) is 1. The number of nitrogen functional groups attached to an aromatic ring is 1. The number of hydrogen-bond acceptors (Lipinski definition) is 3. The van der Waals surface area contributed by atoms with Gasteiger partial charge in [-0.25, -0.2) is 4.79 Å². The Hall–Kier alpha value is -1.52. The van der Waals surface area contributed by atoms with Crippen molar-refractivity contribution in [1.82, 2.24) is 9.55 Å². The Morgan fingerprint density at radius 1 is 1.41 bits per heavy atom. The zero-order chi connectivity index (χ0) is 12.5. The molecule has 0 unspecified atom stereocenters. The fourth-order valence-electron chi connectivity index (χ4n) is 2.79. The van der Waals surface area contributed by atoms with E-state index in [-0.39, 0.29) is 11.2 Å². The van der Waals surface area contributed by atoms with Crippen molar-refractivity contribution >= 4 is 5.82 Å². The summed E-state index contributed by atoms with van der Waals surface area (Å²) in [6.07, 6.45) is 5.73. The van der Waals surface area contributed by atoms with Crippen LogP contribution in [0.1, 0.15) is 39.0 Å². The Kier molecular flexibility index (Phi) is 3.09. The predicted octanol–water partition coefficient (Wildman–Crippen LogP) is 1.09. The van der Waals surface area contributed by atoms with Crippen molar-refractivity contribution < 1.29 is 0 Å². The van der Waals surface area contributed by atoms with Gasteiger partial charge in [0.1, 0.15) is 5.82 Å². The van der Waals surface area contributed by atoms with Gasteiger partial charge in [0.2, 0.25) is 0 Å². The first-order valence-corrected chi connectivity index (χ1v) is 6.16. The van der Waals surface area contributed by atoms with E-state index in [1.165, 1.54) is 23.5 Å². The number of aromatic nitrogens is 2. The fraction of sp³-hybridized carbons (Fsp3) is 0.667. The Balaban J connectivity index is 2.36. The molecule has 0 bridgehead atoms. The van der Waals surface area contributed by atoms with Crippen LogP contribution in [0.2, 0.25) is 0 Å². The highest BCUT2D eigenvalue weighted by Crippen LogP contribution is 2.42. The lowest BCUT2D eigenvalue weighted by molar-refractivity contribution is 0.234. The summed E-state index contributed by atoms with van der Waals surface area (Å²) < 4.78 is 1.50. The molecule has 0 atom stereocenters. The van der Waals surface area contributed by atoms with Crippen molar-refractivity contribution in [3.05, 3.63) is 26.9 Å². The summed E-state index contributed by atoms with van der Waals surface area (Å²) in [5, 5.41) is 0. The first-order chi connectivity index (χ1) is 8.06. The Labute approximate surface area is 99.7 Å². The average Bonchev–Trinajstić information content (AvgIpc) is 2.73. The molecular weight excluding hydrogens is 218 g/mol. The Morgan fingerprint density at radius 3 is 2.59 bits per heavy atom. The molecule has 1 aromatic heterocycles. The van der Waals surface area contributed by atoms with E-state index in [2.05, 4.69) is 11.9 Å². The van der Waals surface area contributed by atoms with Crippen LogP contribution in [0.15, 0.2) is 15.7 Å². The lowest BCUT2D eigenvalue weighted by Crippen LogP contribution is -2.36. The number of nitrogens with zero attached hydrogens (tertiary/aromatic N) is 1. The largest absolute Gasteiger partial charge is 0.385 e. The third-order valence-electron chi connectivity index (χ3n) is 3.97. The monoisotopic (exact) mass is 237 g/mol. The van der Waals surface area contributed by atoms with Crippen molar-refractivity contribution in [2.75, 3.05) is 5.73 Å². The molecule has 2 rings (SSSR count). The molecule has 94 valence electrons. The van der Waals surface area contributed by atoms with Gasteiger partial charge >= 0.3 is 5.69 Å². The Morgan fingerprint density at radius 2 is 2.06 bits per heavy atom. The van der Waals surface area contributed by atoms with Gasteiger partial charge in [0.15, 0.2) is 0 Å². The topological polar surface area (TPSA) is 80.9 Å². The second-order valence-corrected chi connectivity index (χ2v) is 5.01. The first kappa shape index (κ1) is 12.0. The van der Waals surface area contributed by atoms with Crippen molar-refractivity contribution in [3.63, 3.8) is 0 Å². The molecule has 5 nitrogen and oxygen atoms in total. The molecule has 17 heavy (non-hydrogen) atoms. The van der Waals surface area contributed by atoms with Crippen molar-refractivity contribution in [2.24, 2.45) is 5.41 Å². The maximum absolute atomic E-state index is 11.7. The molecule has 0 aromatic carbocycles. The molecule has 1 saturated carbocycles. The zero-order valence-electron chi connectivity index (χ0n) is 10.2. The SMILES string of the molecule is CCC1(Cn2c(N)cc(=O)[nH]c2=O)CCCC1. The number of hydrogen-bond donors (Lipinski definition) is 2. The molecule has 5 heteroatoms. The van der Waals surface area contributed by atoms with Crippen LogP contribution in [-0.2, 0) is 6.54 Å². The number of anilines is 1. The number of aromatic amines is 1. The maximum Gasteiger partial charge on any atom is 0.329 e. The highest BCUT2D eigenvalue weighted by molar-refractivity contribution is 5.26. The molecule has 1 fully saturated rings. The summed E-state index contributed by atoms with van der Waals surface area (Å²) in [6, 6.07) is 1.28. The van der Waals surface area contributed by atoms with Crippen molar-refractivity contribution in [3.8, 4) is 0 Å². The number of nitrogens with two attached hydrogens (primary N) is 1. The molecule has 1 aromatic rings. The second kappa shape index (κ2) is 4.39. The van der Waals surface area contributed by atoms with Crippen LogP contribution >= 0.6 is 0 Å². The fourth-order valence-corrected chi connectivity index (χ4v) is 2.79. The van der Waals surface area contributed by atoms with E-state index in [1.54, 1.807) is 0 Å². The van der Waals surface area contributed by atoms with Crippen molar-refractivity contribution in [1.29, 1.82) is 0 Å². The smallest absolute Gasteiger partial charge is 0.329 e. The standard InChI is InChI=1S/C12H19N3O2/c1-2-12(5-3-4-6-12)8-15-9(13)7-10(16)14-11(15)17/h7H,2-6,8,13H2,1H3,(H,14,16,17).